The molecule has 1 fully saturated rings. The second-order valence-corrected chi connectivity index (χ2v) is 7.28. The molecule has 0 radical (unpaired) electrons. The van der Waals surface area contributed by atoms with E-state index in [-0.39, 0.29) is 5.91 Å². The summed E-state index contributed by atoms with van der Waals surface area (Å²) in [5, 5.41) is 0. The number of para-hydroxylation sites is 1. The highest BCUT2D eigenvalue weighted by atomic mass is 16.7. The zero-order chi connectivity index (χ0) is 19.4. The first-order chi connectivity index (χ1) is 13.7. The maximum absolute atomic E-state index is 13.3. The van der Waals surface area contributed by atoms with E-state index in [1.165, 1.54) is 12.8 Å². The molecule has 5 nitrogen and oxygen atoms in total. The molecule has 0 aliphatic carbocycles. The van der Waals surface area contributed by atoms with E-state index < -0.39 is 5.79 Å². The van der Waals surface area contributed by atoms with Crippen molar-refractivity contribution in [2.45, 2.75) is 44.9 Å². The van der Waals surface area contributed by atoms with Gasteiger partial charge in [-0.05, 0) is 36.6 Å². The van der Waals surface area contributed by atoms with Crippen LogP contribution in [0.3, 0.4) is 0 Å². The molecule has 1 saturated heterocycles. The van der Waals surface area contributed by atoms with Crippen LogP contribution < -0.4 is 9.64 Å². The van der Waals surface area contributed by atoms with Crippen LogP contribution in [0.1, 0.15) is 43.7 Å². The molecule has 0 N–H and O–H groups in total. The van der Waals surface area contributed by atoms with Gasteiger partial charge in [-0.15, -0.1) is 0 Å². The zero-order valence-corrected chi connectivity index (χ0v) is 16.4. The second-order valence-electron chi connectivity index (χ2n) is 7.28. The Morgan fingerprint density at radius 2 is 1.79 bits per heavy atom. The molecule has 2 aromatic carbocycles. The largest absolute Gasteiger partial charge is 0.494 e. The highest BCUT2D eigenvalue weighted by Gasteiger charge is 2.54. The number of amides is 1. The summed E-state index contributed by atoms with van der Waals surface area (Å²) < 4.78 is 17.5. The van der Waals surface area contributed by atoms with Gasteiger partial charge >= 0.3 is 0 Å². The lowest BCUT2D eigenvalue weighted by Crippen LogP contribution is -2.47. The zero-order valence-electron chi connectivity index (χ0n) is 16.4. The molecule has 0 saturated carbocycles. The normalized spacial score (nSPS) is 17.8. The Balaban J connectivity index is 1.49. The second kappa shape index (κ2) is 8.33. The number of nitrogens with zero attached hydrogens (tertiary/aromatic N) is 1. The van der Waals surface area contributed by atoms with Gasteiger partial charge in [0.05, 0.1) is 32.1 Å². The molecule has 28 heavy (non-hydrogen) atoms. The monoisotopic (exact) mass is 381 g/mol. The average molecular weight is 381 g/mol. The predicted octanol–water partition coefficient (Wildman–Crippen LogP) is 4.39. The van der Waals surface area contributed by atoms with Gasteiger partial charge < -0.3 is 19.1 Å². The summed E-state index contributed by atoms with van der Waals surface area (Å²) >= 11 is 0. The first-order valence-electron chi connectivity index (χ1n) is 10.2. The first kappa shape index (κ1) is 19.0. The van der Waals surface area contributed by atoms with Crippen molar-refractivity contribution >= 4 is 11.6 Å². The van der Waals surface area contributed by atoms with Gasteiger partial charge in [-0.3, -0.25) is 4.79 Å². The average Bonchev–Trinajstić information content (AvgIpc) is 2.96. The van der Waals surface area contributed by atoms with Crippen LogP contribution in [0.15, 0.2) is 48.5 Å². The molecule has 0 atom stereocenters. The lowest BCUT2D eigenvalue weighted by Gasteiger charge is -2.32. The van der Waals surface area contributed by atoms with E-state index in [4.69, 9.17) is 14.2 Å². The number of unbranched alkanes of at least 4 members (excludes halogenated alkanes) is 2. The Labute approximate surface area is 166 Å². The Hall–Kier alpha value is -2.37. The van der Waals surface area contributed by atoms with Crippen molar-refractivity contribution in [3.8, 4) is 5.75 Å². The fraction of sp³-hybridized carbons (Fsp3) is 0.435. The Bertz CT molecular complexity index is 812. The van der Waals surface area contributed by atoms with E-state index in [0.717, 1.165) is 42.0 Å². The molecule has 0 bridgehead atoms. The van der Waals surface area contributed by atoms with Crippen molar-refractivity contribution in [3.63, 3.8) is 0 Å². The molecular formula is C23H27NO4. The van der Waals surface area contributed by atoms with E-state index in [1.54, 1.807) is 4.90 Å². The molecule has 2 aliphatic heterocycles. The lowest BCUT2D eigenvalue weighted by molar-refractivity contribution is -0.256. The van der Waals surface area contributed by atoms with Gasteiger partial charge in [-0.2, -0.15) is 0 Å². The molecule has 2 aliphatic rings. The summed E-state index contributed by atoms with van der Waals surface area (Å²) in [4.78, 5) is 15.0. The SMILES string of the molecule is CCCCCOc1ccc(CN2C(=O)C3(OCCCO3)c3ccccc32)cc1. The minimum Gasteiger partial charge on any atom is -0.494 e. The van der Waals surface area contributed by atoms with E-state index in [9.17, 15) is 4.79 Å². The number of rotatable bonds is 7. The quantitative estimate of drug-likeness (QED) is 0.668. The smallest absolute Gasteiger partial charge is 0.292 e. The number of ether oxygens (including phenoxy) is 3. The number of carbonyl (C=O) groups is 1. The van der Waals surface area contributed by atoms with Crippen LogP contribution in [0.4, 0.5) is 5.69 Å². The third kappa shape index (κ3) is 3.52. The number of hydrogen-bond donors (Lipinski definition) is 0. The van der Waals surface area contributed by atoms with Gasteiger partial charge in [0.2, 0.25) is 0 Å². The third-order valence-electron chi connectivity index (χ3n) is 5.26. The number of anilines is 1. The summed E-state index contributed by atoms with van der Waals surface area (Å²) in [7, 11) is 0. The van der Waals surface area contributed by atoms with Gasteiger partial charge in [0.15, 0.2) is 0 Å². The van der Waals surface area contributed by atoms with E-state index in [2.05, 4.69) is 6.92 Å². The van der Waals surface area contributed by atoms with E-state index in [0.29, 0.717) is 19.8 Å². The van der Waals surface area contributed by atoms with Crippen LogP contribution in [0, 0.1) is 0 Å². The van der Waals surface area contributed by atoms with Crippen LogP contribution in [-0.2, 0) is 26.6 Å². The van der Waals surface area contributed by atoms with Crippen LogP contribution >= 0.6 is 0 Å². The van der Waals surface area contributed by atoms with Crippen molar-refractivity contribution in [1.29, 1.82) is 0 Å². The molecule has 148 valence electrons. The molecular weight excluding hydrogens is 354 g/mol. The van der Waals surface area contributed by atoms with Gasteiger partial charge in [0, 0.05) is 5.56 Å². The molecule has 2 heterocycles. The fourth-order valence-electron chi connectivity index (χ4n) is 3.77. The lowest BCUT2D eigenvalue weighted by atomic mass is 10.1. The molecule has 2 aromatic rings. The van der Waals surface area contributed by atoms with Crippen LogP contribution in [0.2, 0.25) is 0 Å². The molecule has 1 spiro atoms. The third-order valence-corrected chi connectivity index (χ3v) is 5.26. The molecule has 5 heteroatoms. The number of carbonyl (C=O) groups excluding carboxylic acids is 1. The minimum atomic E-state index is -1.28. The van der Waals surface area contributed by atoms with E-state index >= 15 is 0 Å². The summed E-state index contributed by atoms with van der Waals surface area (Å²) in [5.41, 5.74) is 2.70. The Kier molecular flexibility index (Phi) is 5.64. The maximum atomic E-state index is 13.3. The fourth-order valence-corrected chi connectivity index (χ4v) is 3.77. The van der Waals surface area contributed by atoms with Crippen molar-refractivity contribution in [2.75, 3.05) is 24.7 Å². The molecule has 1 amide bonds. The van der Waals surface area contributed by atoms with Crippen molar-refractivity contribution < 1.29 is 19.0 Å². The number of benzene rings is 2. The summed E-state index contributed by atoms with van der Waals surface area (Å²) in [5.74, 6) is -0.561. The summed E-state index contributed by atoms with van der Waals surface area (Å²) in [6.45, 7) is 4.44. The van der Waals surface area contributed by atoms with Crippen molar-refractivity contribution in [1.82, 2.24) is 0 Å². The van der Waals surface area contributed by atoms with Crippen LogP contribution in [0.5, 0.6) is 5.75 Å². The first-order valence-corrected chi connectivity index (χ1v) is 10.2. The standard InChI is InChI=1S/C23H27NO4/c1-2-3-6-14-26-19-12-10-18(11-13-19)17-24-21-9-5-4-8-20(21)23(22(24)25)27-15-7-16-28-23/h4-5,8-13H,2-3,6-7,14-17H2,1H3. The number of fused-ring (bicyclic) bond motifs is 2. The van der Waals surface area contributed by atoms with Crippen molar-refractivity contribution in [3.05, 3.63) is 59.7 Å². The van der Waals surface area contributed by atoms with Gasteiger partial charge in [-0.1, -0.05) is 50.1 Å². The van der Waals surface area contributed by atoms with Gasteiger partial charge in [-0.25, -0.2) is 0 Å². The number of hydrogen-bond acceptors (Lipinski definition) is 4. The van der Waals surface area contributed by atoms with E-state index in [1.807, 2.05) is 48.5 Å². The highest BCUT2D eigenvalue weighted by Crippen LogP contribution is 2.45. The minimum absolute atomic E-state index is 0.145. The van der Waals surface area contributed by atoms with Crippen LogP contribution in [0.25, 0.3) is 0 Å². The van der Waals surface area contributed by atoms with Crippen LogP contribution in [-0.4, -0.2) is 25.7 Å². The molecule has 0 aromatic heterocycles. The topological polar surface area (TPSA) is 48.0 Å². The van der Waals surface area contributed by atoms with Crippen molar-refractivity contribution in [2.24, 2.45) is 0 Å². The van der Waals surface area contributed by atoms with Gasteiger partial charge in [0.1, 0.15) is 5.75 Å². The summed E-state index contributed by atoms with van der Waals surface area (Å²) in [6, 6.07) is 15.7. The maximum Gasteiger partial charge on any atom is 0.292 e. The predicted molar refractivity (Wildman–Crippen MR) is 107 cm³/mol. The van der Waals surface area contributed by atoms with Gasteiger partial charge in [0.25, 0.3) is 11.7 Å². The Morgan fingerprint density at radius 1 is 1.04 bits per heavy atom. The molecule has 4 rings (SSSR count). The highest BCUT2D eigenvalue weighted by molar-refractivity contribution is 6.06. The summed E-state index contributed by atoms with van der Waals surface area (Å²) in [6.07, 6.45) is 4.24. The molecule has 0 unspecified atom stereocenters. The Morgan fingerprint density at radius 3 is 2.54 bits per heavy atom.